The van der Waals surface area contributed by atoms with Gasteiger partial charge in [0.1, 0.15) is 11.6 Å². The molecule has 0 unspecified atom stereocenters. The van der Waals surface area contributed by atoms with Crippen LogP contribution in [0.1, 0.15) is 29.3 Å². The molecule has 0 fully saturated rings. The summed E-state index contributed by atoms with van der Waals surface area (Å²) < 4.78 is 44.0. The zero-order chi connectivity index (χ0) is 23.6. The van der Waals surface area contributed by atoms with Crippen molar-refractivity contribution in [2.45, 2.75) is 48.4 Å². The molecule has 9 heteroatoms. The molecule has 0 spiro atoms. The number of aryl methyl sites for hydroxylation is 1. The molecule has 0 aliphatic carbocycles. The topological polar surface area (TPSA) is 50.8 Å². The molecule has 172 valence electrons. The number of ether oxygens (including phenoxy) is 1. The van der Waals surface area contributed by atoms with Gasteiger partial charge in [0, 0.05) is 35.6 Å². The molecule has 0 aliphatic heterocycles. The van der Waals surface area contributed by atoms with Crippen molar-refractivity contribution in [3.8, 4) is 5.75 Å². The van der Waals surface area contributed by atoms with Gasteiger partial charge in [-0.25, -0.2) is 9.37 Å². The number of pyridine rings is 1. The van der Waals surface area contributed by atoms with E-state index in [2.05, 4.69) is 26.6 Å². The standard InChI is InChI=1S/C24H22F3N3OS2/c1-14-11-28-21(15(2)22(14)32-12-16-4-6-17(25)7-5-16)13-33-23-29-19-9-8-18(10-20(19)30-23)31-24(3,26)27/h4-11H,12-13H2,1-3H3,(H,29,30). The van der Waals surface area contributed by atoms with E-state index in [-0.39, 0.29) is 11.6 Å². The predicted octanol–water partition coefficient (Wildman–Crippen LogP) is 7.29. The van der Waals surface area contributed by atoms with Crippen LogP contribution in [0, 0.1) is 19.7 Å². The molecule has 0 aliphatic rings. The molecule has 0 atom stereocenters. The van der Waals surface area contributed by atoms with Crippen LogP contribution in [0.5, 0.6) is 5.75 Å². The van der Waals surface area contributed by atoms with Crippen LogP contribution in [0.15, 0.2) is 58.7 Å². The van der Waals surface area contributed by atoms with Gasteiger partial charge in [-0.1, -0.05) is 23.9 Å². The number of hydrogen-bond acceptors (Lipinski definition) is 5. The molecule has 1 N–H and O–H groups in total. The summed E-state index contributed by atoms with van der Waals surface area (Å²) >= 11 is 3.20. The zero-order valence-corrected chi connectivity index (χ0v) is 19.9. The Kier molecular flexibility index (Phi) is 6.90. The van der Waals surface area contributed by atoms with E-state index in [4.69, 9.17) is 0 Å². The first-order valence-corrected chi connectivity index (χ1v) is 12.2. The summed E-state index contributed by atoms with van der Waals surface area (Å²) in [5.74, 6) is 1.17. The number of nitrogens with zero attached hydrogens (tertiary/aromatic N) is 2. The van der Waals surface area contributed by atoms with Gasteiger partial charge < -0.3 is 9.72 Å². The van der Waals surface area contributed by atoms with Crippen molar-refractivity contribution in [3.63, 3.8) is 0 Å². The second-order valence-corrected chi connectivity index (χ2v) is 9.63. The number of nitrogens with one attached hydrogen (secondary N) is 1. The second kappa shape index (κ2) is 9.69. The van der Waals surface area contributed by atoms with Crippen molar-refractivity contribution in [1.29, 1.82) is 0 Å². The summed E-state index contributed by atoms with van der Waals surface area (Å²) in [4.78, 5) is 13.5. The van der Waals surface area contributed by atoms with Gasteiger partial charge in [0.15, 0.2) is 5.16 Å². The second-order valence-electron chi connectivity index (χ2n) is 7.68. The molecular formula is C24H22F3N3OS2. The lowest BCUT2D eigenvalue weighted by molar-refractivity contribution is -0.158. The summed E-state index contributed by atoms with van der Waals surface area (Å²) in [6.07, 6.45) is -1.38. The van der Waals surface area contributed by atoms with Crippen LogP contribution in [-0.2, 0) is 11.5 Å². The molecule has 0 saturated heterocycles. The number of halogens is 3. The van der Waals surface area contributed by atoms with Crippen molar-refractivity contribution >= 4 is 34.6 Å². The van der Waals surface area contributed by atoms with Gasteiger partial charge in [0.05, 0.1) is 16.7 Å². The molecule has 4 aromatic rings. The maximum Gasteiger partial charge on any atom is 0.394 e. The average Bonchev–Trinajstić information content (AvgIpc) is 3.15. The Balaban J connectivity index is 1.46. The Morgan fingerprint density at radius 1 is 1.03 bits per heavy atom. The number of aromatic nitrogens is 3. The fourth-order valence-corrected chi connectivity index (χ4v) is 5.33. The Hall–Kier alpha value is -2.65. The highest BCUT2D eigenvalue weighted by molar-refractivity contribution is 7.98. The maximum atomic E-state index is 13.1. The summed E-state index contributed by atoms with van der Waals surface area (Å²) in [6, 6.07) is 11.2. The van der Waals surface area contributed by atoms with Crippen molar-refractivity contribution in [1.82, 2.24) is 15.0 Å². The van der Waals surface area contributed by atoms with Crippen molar-refractivity contribution < 1.29 is 17.9 Å². The van der Waals surface area contributed by atoms with Gasteiger partial charge in [-0.2, -0.15) is 8.78 Å². The molecule has 0 amide bonds. The summed E-state index contributed by atoms with van der Waals surface area (Å²) in [7, 11) is 0. The first-order valence-electron chi connectivity index (χ1n) is 10.2. The molecule has 0 saturated carbocycles. The highest BCUT2D eigenvalue weighted by Gasteiger charge is 2.23. The van der Waals surface area contributed by atoms with Gasteiger partial charge in [0.25, 0.3) is 0 Å². The summed E-state index contributed by atoms with van der Waals surface area (Å²) in [6.45, 7) is 4.78. The Morgan fingerprint density at radius 2 is 1.79 bits per heavy atom. The predicted molar refractivity (Wildman–Crippen MR) is 127 cm³/mol. The van der Waals surface area contributed by atoms with E-state index in [0.717, 1.165) is 38.5 Å². The third-order valence-corrected chi connectivity index (χ3v) is 7.20. The largest absolute Gasteiger partial charge is 0.433 e. The van der Waals surface area contributed by atoms with E-state index < -0.39 is 6.11 Å². The fourth-order valence-electron chi connectivity index (χ4n) is 3.30. The van der Waals surface area contributed by atoms with E-state index in [1.54, 1.807) is 30.0 Å². The lowest BCUT2D eigenvalue weighted by Gasteiger charge is -2.13. The molecule has 33 heavy (non-hydrogen) atoms. The first-order chi connectivity index (χ1) is 15.7. The van der Waals surface area contributed by atoms with Crippen LogP contribution >= 0.6 is 23.5 Å². The van der Waals surface area contributed by atoms with Gasteiger partial charge in [-0.3, -0.25) is 4.98 Å². The van der Waals surface area contributed by atoms with Crippen molar-refractivity contribution in [2.24, 2.45) is 0 Å². The molecule has 2 aromatic heterocycles. The SMILES string of the molecule is Cc1cnc(CSc2nc3cc(OC(C)(F)F)ccc3[nH]2)c(C)c1SCc1ccc(F)cc1. The third-order valence-electron chi connectivity index (χ3n) is 4.92. The van der Waals surface area contributed by atoms with Crippen LogP contribution in [0.4, 0.5) is 13.2 Å². The lowest BCUT2D eigenvalue weighted by atomic mass is 10.2. The van der Waals surface area contributed by atoms with Crippen LogP contribution in [0.2, 0.25) is 0 Å². The van der Waals surface area contributed by atoms with E-state index in [9.17, 15) is 13.2 Å². The van der Waals surface area contributed by atoms with Crippen LogP contribution in [0.3, 0.4) is 0 Å². The number of alkyl halides is 2. The number of H-pyrrole nitrogens is 1. The van der Waals surface area contributed by atoms with E-state index in [1.807, 2.05) is 13.1 Å². The molecular weight excluding hydrogens is 467 g/mol. The molecule has 2 heterocycles. The summed E-state index contributed by atoms with van der Waals surface area (Å²) in [5, 5.41) is 0.674. The highest BCUT2D eigenvalue weighted by Crippen LogP contribution is 2.33. The lowest BCUT2D eigenvalue weighted by Crippen LogP contribution is -2.18. The van der Waals surface area contributed by atoms with Gasteiger partial charge >= 0.3 is 6.11 Å². The molecule has 0 bridgehead atoms. The van der Waals surface area contributed by atoms with Crippen molar-refractivity contribution in [2.75, 3.05) is 0 Å². The normalized spacial score (nSPS) is 11.8. The quantitative estimate of drug-likeness (QED) is 0.263. The Labute approximate surface area is 198 Å². The van der Waals surface area contributed by atoms with Crippen LogP contribution in [0.25, 0.3) is 11.0 Å². The van der Waals surface area contributed by atoms with Gasteiger partial charge in [0.2, 0.25) is 0 Å². The van der Waals surface area contributed by atoms with Crippen LogP contribution < -0.4 is 4.74 Å². The van der Waals surface area contributed by atoms with E-state index >= 15 is 0 Å². The highest BCUT2D eigenvalue weighted by atomic mass is 32.2. The van der Waals surface area contributed by atoms with Crippen molar-refractivity contribution in [3.05, 3.63) is 76.9 Å². The van der Waals surface area contributed by atoms with Crippen LogP contribution in [-0.4, -0.2) is 21.1 Å². The number of aromatic amines is 1. The number of rotatable bonds is 8. The number of imidazole rings is 1. The number of fused-ring (bicyclic) bond motifs is 1. The van der Waals surface area contributed by atoms with E-state index in [0.29, 0.717) is 23.3 Å². The fraction of sp³-hybridized carbons (Fsp3) is 0.250. The summed E-state index contributed by atoms with van der Waals surface area (Å²) in [5.41, 5.74) is 5.50. The third kappa shape index (κ3) is 6.03. The minimum atomic E-state index is -3.25. The monoisotopic (exact) mass is 489 g/mol. The number of hydrogen-bond donors (Lipinski definition) is 1. The zero-order valence-electron chi connectivity index (χ0n) is 18.3. The number of thioether (sulfide) groups is 2. The van der Waals surface area contributed by atoms with E-state index in [1.165, 1.54) is 36.0 Å². The molecule has 4 rings (SSSR count). The molecule has 2 aromatic carbocycles. The maximum absolute atomic E-state index is 13.1. The minimum Gasteiger partial charge on any atom is -0.433 e. The number of benzene rings is 2. The molecule has 0 radical (unpaired) electrons. The van der Waals surface area contributed by atoms with Gasteiger partial charge in [-0.15, -0.1) is 11.8 Å². The molecule has 4 nitrogen and oxygen atoms in total. The van der Waals surface area contributed by atoms with Gasteiger partial charge in [-0.05, 0) is 54.8 Å². The first kappa shape index (κ1) is 23.5. The average molecular weight is 490 g/mol. The minimum absolute atomic E-state index is 0.0666. The smallest absolute Gasteiger partial charge is 0.394 e. The Morgan fingerprint density at radius 3 is 2.52 bits per heavy atom. The Bertz CT molecular complexity index is 1270.